The standard InChI is InChI=1S/C10H19NO3/c1-8(3-4-10(12)13)11(2)9-5-6-14-7-9/h8-9H,3-7H2,1-2H3,(H,12,13). The van der Waals surface area contributed by atoms with E-state index in [0.29, 0.717) is 18.5 Å². The molecule has 0 bridgehead atoms. The molecule has 2 atom stereocenters. The van der Waals surface area contributed by atoms with Crippen molar-refractivity contribution in [2.45, 2.75) is 38.3 Å². The minimum atomic E-state index is -0.715. The number of carboxylic acids is 1. The Labute approximate surface area is 84.8 Å². The van der Waals surface area contributed by atoms with Crippen LogP contribution < -0.4 is 0 Å². The predicted octanol–water partition coefficient (Wildman–Crippen LogP) is 0.960. The molecule has 1 heterocycles. The third-order valence-corrected chi connectivity index (χ3v) is 2.95. The molecule has 0 aromatic rings. The van der Waals surface area contributed by atoms with Gasteiger partial charge in [-0.25, -0.2) is 0 Å². The van der Waals surface area contributed by atoms with Crippen molar-refractivity contribution in [3.8, 4) is 0 Å². The van der Waals surface area contributed by atoms with Crippen molar-refractivity contribution < 1.29 is 14.6 Å². The number of ether oxygens (including phenoxy) is 1. The van der Waals surface area contributed by atoms with Crippen LogP contribution in [-0.4, -0.2) is 48.3 Å². The molecule has 4 heteroatoms. The third-order valence-electron chi connectivity index (χ3n) is 2.95. The Bertz CT molecular complexity index is 190. The first-order chi connectivity index (χ1) is 6.61. The van der Waals surface area contributed by atoms with Crippen LogP contribution in [0.25, 0.3) is 0 Å². The lowest BCUT2D eigenvalue weighted by atomic mass is 10.1. The van der Waals surface area contributed by atoms with Crippen molar-refractivity contribution in [1.82, 2.24) is 4.90 Å². The van der Waals surface area contributed by atoms with Gasteiger partial charge in [0.15, 0.2) is 0 Å². The van der Waals surface area contributed by atoms with E-state index in [1.54, 1.807) is 0 Å². The second-order valence-corrected chi connectivity index (χ2v) is 3.96. The molecule has 1 rings (SSSR count). The van der Waals surface area contributed by atoms with Gasteiger partial charge >= 0.3 is 5.97 Å². The van der Waals surface area contributed by atoms with Gasteiger partial charge in [-0.2, -0.15) is 0 Å². The zero-order valence-electron chi connectivity index (χ0n) is 8.90. The van der Waals surface area contributed by atoms with E-state index in [-0.39, 0.29) is 6.42 Å². The number of carbonyl (C=O) groups is 1. The lowest BCUT2D eigenvalue weighted by Crippen LogP contribution is -2.39. The average Bonchev–Trinajstić information content (AvgIpc) is 2.65. The van der Waals surface area contributed by atoms with Crippen molar-refractivity contribution in [2.24, 2.45) is 0 Å². The van der Waals surface area contributed by atoms with Crippen molar-refractivity contribution in [3.63, 3.8) is 0 Å². The molecule has 1 N–H and O–H groups in total. The summed E-state index contributed by atoms with van der Waals surface area (Å²) in [5.74, 6) is -0.715. The second kappa shape index (κ2) is 5.32. The molecule has 1 aliphatic heterocycles. The highest BCUT2D eigenvalue weighted by atomic mass is 16.5. The maximum atomic E-state index is 10.4. The molecule has 4 nitrogen and oxygen atoms in total. The lowest BCUT2D eigenvalue weighted by molar-refractivity contribution is -0.137. The molecule has 82 valence electrons. The molecular weight excluding hydrogens is 182 g/mol. The van der Waals surface area contributed by atoms with E-state index in [0.717, 1.165) is 19.6 Å². The summed E-state index contributed by atoms with van der Waals surface area (Å²) in [6.07, 6.45) is 2.02. The molecule has 0 amide bonds. The highest BCUT2D eigenvalue weighted by Crippen LogP contribution is 2.15. The van der Waals surface area contributed by atoms with Gasteiger partial charge in [0.1, 0.15) is 0 Å². The van der Waals surface area contributed by atoms with Crippen LogP contribution in [0.2, 0.25) is 0 Å². The minimum Gasteiger partial charge on any atom is -0.481 e. The Morgan fingerprint density at radius 2 is 2.43 bits per heavy atom. The molecule has 0 spiro atoms. The average molecular weight is 201 g/mol. The van der Waals surface area contributed by atoms with Gasteiger partial charge in [-0.3, -0.25) is 9.69 Å². The fourth-order valence-electron chi connectivity index (χ4n) is 1.74. The summed E-state index contributed by atoms with van der Waals surface area (Å²) in [5, 5.41) is 8.57. The number of hydrogen-bond donors (Lipinski definition) is 1. The van der Waals surface area contributed by atoms with Gasteiger partial charge in [-0.05, 0) is 26.8 Å². The fraction of sp³-hybridized carbons (Fsp3) is 0.900. The van der Waals surface area contributed by atoms with Crippen LogP contribution >= 0.6 is 0 Å². The van der Waals surface area contributed by atoms with Gasteiger partial charge in [0, 0.05) is 25.1 Å². The number of hydrogen-bond acceptors (Lipinski definition) is 3. The Kier molecular flexibility index (Phi) is 4.35. The van der Waals surface area contributed by atoms with Gasteiger partial charge in [-0.15, -0.1) is 0 Å². The van der Waals surface area contributed by atoms with Crippen LogP contribution in [0.4, 0.5) is 0 Å². The van der Waals surface area contributed by atoms with Crippen LogP contribution in [0.1, 0.15) is 26.2 Å². The molecule has 0 saturated carbocycles. The number of carboxylic acid groups (broad SMARTS) is 1. The monoisotopic (exact) mass is 201 g/mol. The van der Waals surface area contributed by atoms with E-state index in [9.17, 15) is 4.79 Å². The summed E-state index contributed by atoms with van der Waals surface area (Å²) in [4.78, 5) is 12.6. The predicted molar refractivity (Wildman–Crippen MR) is 53.3 cm³/mol. The highest BCUT2D eigenvalue weighted by Gasteiger charge is 2.23. The van der Waals surface area contributed by atoms with E-state index in [2.05, 4.69) is 11.8 Å². The summed E-state index contributed by atoms with van der Waals surface area (Å²) in [6, 6.07) is 0.789. The van der Waals surface area contributed by atoms with Crippen molar-refractivity contribution >= 4 is 5.97 Å². The number of nitrogens with zero attached hydrogens (tertiary/aromatic N) is 1. The minimum absolute atomic E-state index is 0.249. The largest absolute Gasteiger partial charge is 0.481 e. The van der Waals surface area contributed by atoms with Crippen LogP contribution in [0.15, 0.2) is 0 Å². The zero-order chi connectivity index (χ0) is 10.6. The highest BCUT2D eigenvalue weighted by molar-refractivity contribution is 5.66. The molecule has 0 radical (unpaired) electrons. The van der Waals surface area contributed by atoms with Crippen molar-refractivity contribution in [3.05, 3.63) is 0 Å². The second-order valence-electron chi connectivity index (χ2n) is 3.96. The van der Waals surface area contributed by atoms with E-state index >= 15 is 0 Å². The summed E-state index contributed by atoms with van der Waals surface area (Å²) in [6.45, 7) is 3.69. The SMILES string of the molecule is CC(CCC(=O)O)N(C)C1CCOC1. The van der Waals surface area contributed by atoms with Gasteiger partial charge < -0.3 is 9.84 Å². The smallest absolute Gasteiger partial charge is 0.303 e. The van der Waals surface area contributed by atoms with Crippen molar-refractivity contribution in [2.75, 3.05) is 20.3 Å². The molecule has 0 aliphatic carbocycles. The number of rotatable bonds is 5. The van der Waals surface area contributed by atoms with Crippen LogP contribution in [0.5, 0.6) is 0 Å². The molecule has 1 fully saturated rings. The van der Waals surface area contributed by atoms with Crippen LogP contribution in [-0.2, 0) is 9.53 Å². The zero-order valence-corrected chi connectivity index (χ0v) is 8.90. The lowest BCUT2D eigenvalue weighted by Gasteiger charge is -2.29. The van der Waals surface area contributed by atoms with Gasteiger partial charge in [0.25, 0.3) is 0 Å². The molecule has 0 aromatic carbocycles. The first-order valence-electron chi connectivity index (χ1n) is 5.12. The van der Waals surface area contributed by atoms with E-state index in [4.69, 9.17) is 9.84 Å². The summed E-state index contributed by atoms with van der Waals surface area (Å²) >= 11 is 0. The van der Waals surface area contributed by atoms with E-state index in [1.807, 2.05) is 7.05 Å². The maximum Gasteiger partial charge on any atom is 0.303 e. The number of likely N-dealkylation sites (N-methyl/N-ethyl adjacent to an activating group) is 1. The molecule has 2 unspecified atom stereocenters. The number of aliphatic carboxylic acids is 1. The summed E-state index contributed by atoms with van der Waals surface area (Å²) < 4.78 is 5.30. The van der Waals surface area contributed by atoms with Crippen LogP contribution in [0, 0.1) is 0 Å². The molecular formula is C10H19NO3. The van der Waals surface area contributed by atoms with Crippen molar-refractivity contribution in [1.29, 1.82) is 0 Å². The quantitative estimate of drug-likeness (QED) is 0.719. The first kappa shape index (κ1) is 11.5. The van der Waals surface area contributed by atoms with Crippen LogP contribution in [0.3, 0.4) is 0 Å². The third kappa shape index (κ3) is 3.27. The first-order valence-corrected chi connectivity index (χ1v) is 5.12. The Balaban J connectivity index is 2.27. The van der Waals surface area contributed by atoms with Gasteiger partial charge in [-0.1, -0.05) is 0 Å². The molecule has 1 aliphatic rings. The summed E-state index contributed by atoms with van der Waals surface area (Å²) in [7, 11) is 2.05. The fourth-order valence-corrected chi connectivity index (χ4v) is 1.74. The molecule has 1 saturated heterocycles. The Morgan fingerprint density at radius 1 is 1.71 bits per heavy atom. The van der Waals surface area contributed by atoms with E-state index in [1.165, 1.54) is 0 Å². The Morgan fingerprint density at radius 3 is 2.93 bits per heavy atom. The Hall–Kier alpha value is -0.610. The normalized spacial score (nSPS) is 24.1. The maximum absolute atomic E-state index is 10.4. The van der Waals surface area contributed by atoms with Gasteiger partial charge in [0.05, 0.1) is 6.61 Å². The molecule has 14 heavy (non-hydrogen) atoms. The van der Waals surface area contributed by atoms with Gasteiger partial charge in [0.2, 0.25) is 0 Å². The summed E-state index contributed by atoms with van der Waals surface area (Å²) in [5.41, 5.74) is 0. The topological polar surface area (TPSA) is 49.8 Å². The molecule has 0 aromatic heterocycles. The van der Waals surface area contributed by atoms with E-state index < -0.39 is 5.97 Å².